The van der Waals surface area contributed by atoms with Gasteiger partial charge in [0.15, 0.2) is 0 Å². The minimum Gasteiger partial charge on any atom is -0.481 e. The van der Waals surface area contributed by atoms with Gasteiger partial charge in [-0.3, -0.25) is 4.99 Å². The number of aliphatic imine (C=N–C) groups is 1. The highest BCUT2D eigenvalue weighted by Gasteiger charge is 2.41. The lowest BCUT2D eigenvalue weighted by Gasteiger charge is -2.26. The SMILES string of the molecule is [C-]#[N+]C1C(C)=NC(C)=C(c2nc(C)cs2)C1c1cccnc1OC. The summed E-state index contributed by atoms with van der Waals surface area (Å²) in [6, 6.07) is 3.46. The van der Waals surface area contributed by atoms with Crippen molar-refractivity contribution < 1.29 is 4.74 Å². The fraction of sp³-hybridized carbons (Fsp3) is 0.333. The molecule has 0 aliphatic carbocycles. The molecule has 24 heavy (non-hydrogen) atoms. The average Bonchev–Trinajstić information content (AvgIpc) is 3.00. The second-order valence-electron chi connectivity index (χ2n) is 5.70. The third-order valence-corrected chi connectivity index (χ3v) is 5.10. The molecule has 0 saturated heterocycles. The summed E-state index contributed by atoms with van der Waals surface area (Å²) in [5, 5.41) is 2.93. The van der Waals surface area contributed by atoms with Crippen LogP contribution in [-0.4, -0.2) is 28.8 Å². The van der Waals surface area contributed by atoms with Crippen molar-refractivity contribution in [3.63, 3.8) is 0 Å². The Balaban J connectivity index is 2.25. The number of aromatic nitrogens is 2. The minimum atomic E-state index is -0.383. The van der Waals surface area contributed by atoms with Crippen molar-refractivity contribution in [1.29, 1.82) is 0 Å². The van der Waals surface area contributed by atoms with Gasteiger partial charge in [-0.15, -0.1) is 11.3 Å². The van der Waals surface area contributed by atoms with Gasteiger partial charge in [0, 0.05) is 34.1 Å². The third-order valence-electron chi connectivity index (χ3n) is 4.11. The lowest BCUT2D eigenvalue weighted by atomic mass is 9.81. The molecule has 3 rings (SSSR count). The van der Waals surface area contributed by atoms with E-state index in [9.17, 15) is 0 Å². The normalized spacial score (nSPS) is 20.5. The number of hydrogen-bond acceptors (Lipinski definition) is 5. The first-order valence-corrected chi connectivity index (χ1v) is 8.48. The van der Waals surface area contributed by atoms with Gasteiger partial charge in [0.1, 0.15) is 5.01 Å². The van der Waals surface area contributed by atoms with Gasteiger partial charge in [0.2, 0.25) is 5.88 Å². The lowest BCUT2D eigenvalue weighted by molar-refractivity contribution is 0.391. The second-order valence-corrected chi connectivity index (χ2v) is 6.56. The summed E-state index contributed by atoms with van der Waals surface area (Å²) >= 11 is 1.58. The average molecular weight is 338 g/mol. The highest BCUT2D eigenvalue weighted by Crippen LogP contribution is 2.45. The molecule has 2 aromatic rings. The van der Waals surface area contributed by atoms with Crippen molar-refractivity contribution in [2.45, 2.75) is 32.7 Å². The largest absolute Gasteiger partial charge is 0.481 e. The van der Waals surface area contributed by atoms with Gasteiger partial charge in [0.05, 0.1) is 18.7 Å². The molecule has 1 aliphatic heterocycles. The van der Waals surface area contributed by atoms with E-state index < -0.39 is 0 Å². The predicted octanol–water partition coefficient (Wildman–Crippen LogP) is 4.13. The predicted molar refractivity (Wildman–Crippen MR) is 96.5 cm³/mol. The van der Waals surface area contributed by atoms with E-state index in [1.54, 1.807) is 24.6 Å². The molecule has 2 unspecified atom stereocenters. The molecule has 0 amide bonds. The summed E-state index contributed by atoms with van der Waals surface area (Å²) in [4.78, 5) is 17.4. The van der Waals surface area contributed by atoms with Crippen molar-refractivity contribution >= 4 is 22.6 Å². The van der Waals surface area contributed by atoms with Crippen molar-refractivity contribution in [1.82, 2.24) is 9.97 Å². The number of hydrogen-bond donors (Lipinski definition) is 0. The number of allylic oxidation sites excluding steroid dienone is 1. The maximum absolute atomic E-state index is 7.70. The first kappa shape index (κ1) is 16.3. The fourth-order valence-electron chi connectivity index (χ4n) is 3.08. The van der Waals surface area contributed by atoms with Crippen LogP contribution in [0.2, 0.25) is 0 Å². The number of nitrogens with zero attached hydrogens (tertiary/aromatic N) is 4. The molecule has 3 heterocycles. The minimum absolute atomic E-state index is 0.186. The Morgan fingerprint density at radius 1 is 1.29 bits per heavy atom. The molecule has 0 spiro atoms. The fourth-order valence-corrected chi connectivity index (χ4v) is 4.02. The summed E-state index contributed by atoms with van der Waals surface area (Å²) in [5.74, 6) is 0.360. The van der Waals surface area contributed by atoms with Crippen molar-refractivity contribution in [2.24, 2.45) is 4.99 Å². The van der Waals surface area contributed by atoms with Crippen LogP contribution in [0.5, 0.6) is 5.88 Å². The van der Waals surface area contributed by atoms with Gasteiger partial charge < -0.3 is 9.58 Å². The van der Waals surface area contributed by atoms with E-state index in [-0.39, 0.29) is 12.0 Å². The first-order chi connectivity index (χ1) is 11.6. The zero-order valence-electron chi connectivity index (χ0n) is 14.1. The maximum atomic E-state index is 7.70. The molecular weight excluding hydrogens is 320 g/mol. The number of ether oxygens (including phenoxy) is 1. The number of pyridine rings is 1. The summed E-state index contributed by atoms with van der Waals surface area (Å²) in [7, 11) is 1.60. The lowest BCUT2D eigenvalue weighted by Crippen LogP contribution is -2.28. The molecule has 0 radical (unpaired) electrons. The second kappa shape index (κ2) is 6.54. The Bertz CT molecular complexity index is 875. The van der Waals surface area contributed by atoms with E-state index in [2.05, 4.69) is 19.8 Å². The Morgan fingerprint density at radius 3 is 2.71 bits per heavy atom. The summed E-state index contributed by atoms with van der Waals surface area (Å²) in [6.45, 7) is 13.6. The van der Waals surface area contributed by atoms with Crippen LogP contribution in [0, 0.1) is 13.5 Å². The monoisotopic (exact) mass is 338 g/mol. The third kappa shape index (κ3) is 2.72. The van der Waals surface area contributed by atoms with Crippen LogP contribution in [0.25, 0.3) is 10.4 Å². The topological polar surface area (TPSA) is 51.7 Å². The first-order valence-electron chi connectivity index (χ1n) is 7.60. The van der Waals surface area contributed by atoms with Crippen LogP contribution in [-0.2, 0) is 0 Å². The van der Waals surface area contributed by atoms with Crippen LogP contribution in [0.15, 0.2) is 34.4 Å². The smallest absolute Gasteiger partial charge is 0.272 e. The zero-order valence-corrected chi connectivity index (χ0v) is 14.9. The molecule has 0 aromatic carbocycles. The summed E-state index contributed by atoms with van der Waals surface area (Å²) in [5.41, 5.74) is 4.58. The van der Waals surface area contributed by atoms with Gasteiger partial charge in [-0.05, 0) is 26.8 Å². The zero-order chi connectivity index (χ0) is 17.3. The van der Waals surface area contributed by atoms with Crippen LogP contribution in [0.4, 0.5) is 0 Å². The molecule has 0 N–H and O–H groups in total. The van der Waals surface area contributed by atoms with E-state index in [0.717, 1.165) is 33.2 Å². The molecule has 122 valence electrons. The summed E-state index contributed by atoms with van der Waals surface area (Å²) in [6.07, 6.45) is 1.70. The van der Waals surface area contributed by atoms with Gasteiger partial charge in [-0.2, -0.15) is 0 Å². The van der Waals surface area contributed by atoms with Crippen LogP contribution >= 0.6 is 11.3 Å². The Labute approximate surface area is 145 Å². The highest BCUT2D eigenvalue weighted by molar-refractivity contribution is 7.10. The Morgan fingerprint density at radius 2 is 2.08 bits per heavy atom. The molecule has 2 aromatic heterocycles. The molecule has 0 fully saturated rings. The molecule has 0 saturated carbocycles. The van der Waals surface area contributed by atoms with Crippen molar-refractivity contribution in [3.8, 4) is 5.88 Å². The van der Waals surface area contributed by atoms with Crippen LogP contribution < -0.4 is 4.74 Å². The quantitative estimate of drug-likeness (QED) is 0.791. The van der Waals surface area contributed by atoms with E-state index in [0.29, 0.717) is 5.88 Å². The molecule has 0 bridgehead atoms. The van der Waals surface area contributed by atoms with Gasteiger partial charge >= 0.3 is 0 Å². The number of thiazole rings is 1. The standard InChI is InChI=1S/C18H18N4OS/c1-10-9-24-18(21-10)14-11(2)22-12(3)16(19-4)15(14)13-7-6-8-20-17(13)23-5/h6-9,15-16H,1-3,5H3. The van der Waals surface area contributed by atoms with Crippen molar-refractivity contribution in [3.05, 3.63) is 57.1 Å². The van der Waals surface area contributed by atoms with E-state index >= 15 is 0 Å². The molecule has 6 heteroatoms. The molecule has 2 atom stereocenters. The molecule has 1 aliphatic rings. The van der Waals surface area contributed by atoms with E-state index in [1.807, 2.05) is 38.3 Å². The van der Waals surface area contributed by atoms with Crippen molar-refractivity contribution in [2.75, 3.05) is 7.11 Å². The molecule has 5 nitrogen and oxygen atoms in total. The highest BCUT2D eigenvalue weighted by atomic mass is 32.1. The van der Waals surface area contributed by atoms with Gasteiger partial charge in [-0.1, -0.05) is 6.07 Å². The Kier molecular flexibility index (Phi) is 4.45. The summed E-state index contributed by atoms with van der Waals surface area (Å²) < 4.78 is 5.46. The van der Waals surface area contributed by atoms with Crippen LogP contribution in [0.1, 0.15) is 36.0 Å². The molecular formula is C18H18N4OS. The van der Waals surface area contributed by atoms with Gasteiger partial charge in [-0.25, -0.2) is 16.5 Å². The Hall–Kier alpha value is -2.52. The van der Waals surface area contributed by atoms with E-state index in [1.165, 1.54) is 0 Å². The number of rotatable bonds is 3. The maximum Gasteiger partial charge on any atom is 0.272 e. The number of methoxy groups -OCH3 is 1. The van der Waals surface area contributed by atoms with Crippen LogP contribution in [0.3, 0.4) is 0 Å². The number of aryl methyl sites for hydroxylation is 1. The van der Waals surface area contributed by atoms with Gasteiger partial charge in [0.25, 0.3) is 6.04 Å². The van der Waals surface area contributed by atoms with E-state index in [4.69, 9.17) is 11.3 Å².